The van der Waals surface area contributed by atoms with Gasteiger partial charge in [-0.15, -0.1) is 0 Å². The van der Waals surface area contributed by atoms with E-state index in [0.29, 0.717) is 33.2 Å². The van der Waals surface area contributed by atoms with E-state index in [1.165, 1.54) is 6.07 Å². The molecule has 1 unspecified atom stereocenters. The number of phenols is 1. The lowest BCUT2D eigenvalue weighted by atomic mass is 10.0. The SMILES string of the molecule is CN1CCN(Cc2c(O)c(Br)cc3c2c(C(=O)O)c(CS(=O)c2ccc(F)c(F)c2)n3C2CC2)CC1. The zero-order chi connectivity index (χ0) is 25.7. The molecule has 2 N–H and O–H groups in total. The summed E-state index contributed by atoms with van der Waals surface area (Å²) in [6, 6.07) is 4.82. The molecule has 0 amide bonds. The van der Waals surface area contributed by atoms with Crippen molar-refractivity contribution in [3.63, 3.8) is 0 Å². The van der Waals surface area contributed by atoms with Crippen molar-refractivity contribution < 1.29 is 28.0 Å². The van der Waals surface area contributed by atoms with Crippen LogP contribution in [0.4, 0.5) is 8.78 Å². The van der Waals surface area contributed by atoms with Crippen LogP contribution in [-0.2, 0) is 23.1 Å². The molecule has 2 heterocycles. The van der Waals surface area contributed by atoms with Crippen molar-refractivity contribution in [1.82, 2.24) is 14.4 Å². The number of carbonyl (C=O) groups is 1. The maximum Gasteiger partial charge on any atom is 0.338 e. The first kappa shape index (κ1) is 25.3. The predicted octanol–water partition coefficient (Wildman–Crippen LogP) is 4.48. The second-order valence-corrected chi connectivity index (χ2v) is 11.8. The molecular weight excluding hydrogens is 556 g/mol. The molecule has 1 saturated carbocycles. The highest BCUT2D eigenvalue weighted by Gasteiger charge is 2.35. The Labute approximate surface area is 217 Å². The summed E-state index contributed by atoms with van der Waals surface area (Å²) < 4.78 is 42.8. The Morgan fingerprint density at radius 1 is 1.14 bits per heavy atom. The molecule has 1 aromatic heterocycles. The lowest BCUT2D eigenvalue weighted by molar-refractivity contribution is 0.0697. The van der Waals surface area contributed by atoms with Gasteiger partial charge in [-0.25, -0.2) is 13.6 Å². The molecule has 7 nitrogen and oxygen atoms in total. The first-order chi connectivity index (χ1) is 17.2. The van der Waals surface area contributed by atoms with Crippen LogP contribution in [0.5, 0.6) is 5.75 Å². The molecule has 0 radical (unpaired) electrons. The Kier molecular flexibility index (Phi) is 6.92. The van der Waals surface area contributed by atoms with E-state index in [1.54, 1.807) is 6.07 Å². The van der Waals surface area contributed by atoms with E-state index in [0.717, 1.165) is 51.2 Å². The minimum Gasteiger partial charge on any atom is -0.506 e. The molecule has 2 fully saturated rings. The van der Waals surface area contributed by atoms with Gasteiger partial charge in [0.2, 0.25) is 0 Å². The number of aromatic hydroxyl groups is 1. The van der Waals surface area contributed by atoms with Crippen molar-refractivity contribution in [2.45, 2.75) is 36.1 Å². The number of rotatable bonds is 7. The van der Waals surface area contributed by atoms with Gasteiger partial charge in [-0.2, -0.15) is 0 Å². The fourth-order valence-corrected chi connectivity index (χ4v) is 6.50. The number of halogens is 3. The summed E-state index contributed by atoms with van der Waals surface area (Å²) in [4.78, 5) is 17.1. The van der Waals surface area contributed by atoms with Crippen molar-refractivity contribution in [3.8, 4) is 5.75 Å². The second kappa shape index (κ2) is 9.85. The monoisotopic (exact) mass is 581 g/mol. The highest BCUT2D eigenvalue weighted by Crippen LogP contribution is 2.46. The Bertz CT molecular complexity index is 1380. The third-order valence-corrected chi connectivity index (χ3v) is 8.87. The summed E-state index contributed by atoms with van der Waals surface area (Å²) >= 11 is 3.44. The van der Waals surface area contributed by atoms with Crippen LogP contribution in [0.2, 0.25) is 0 Å². The summed E-state index contributed by atoms with van der Waals surface area (Å²) in [6.07, 6.45) is 1.69. The number of hydrogen-bond donors (Lipinski definition) is 2. The van der Waals surface area contributed by atoms with Crippen molar-refractivity contribution in [3.05, 3.63) is 57.2 Å². The van der Waals surface area contributed by atoms with Gasteiger partial charge in [-0.3, -0.25) is 9.11 Å². The van der Waals surface area contributed by atoms with E-state index in [2.05, 4.69) is 25.7 Å². The maximum absolute atomic E-state index is 13.8. The third-order valence-electron chi connectivity index (χ3n) is 6.95. The van der Waals surface area contributed by atoms with Crippen molar-refractivity contribution in [2.24, 2.45) is 0 Å². The molecule has 0 bridgehead atoms. The van der Waals surface area contributed by atoms with Crippen LogP contribution >= 0.6 is 15.9 Å². The van der Waals surface area contributed by atoms with Crippen LogP contribution < -0.4 is 0 Å². The van der Waals surface area contributed by atoms with Crippen molar-refractivity contribution in [1.29, 1.82) is 0 Å². The summed E-state index contributed by atoms with van der Waals surface area (Å²) in [5, 5.41) is 21.8. The number of aromatic carboxylic acids is 1. The van der Waals surface area contributed by atoms with E-state index >= 15 is 0 Å². The van der Waals surface area contributed by atoms with Crippen LogP contribution in [-0.4, -0.2) is 68.0 Å². The fraction of sp³-hybridized carbons (Fsp3) is 0.400. The Hall–Kier alpha value is -2.34. The largest absolute Gasteiger partial charge is 0.506 e. The molecule has 3 aromatic rings. The van der Waals surface area contributed by atoms with Gasteiger partial charge in [0.1, 0.15) is 5.75 Å². The zero-order valence-corrected chi connectivity index (χ0v) is 22.0. The smallest absolute Gasteiger partial charge is 0.338 e. The quantitative estimate of drug-likeness (QED) is 0.428. The number of carboxylic acid groups (broad SMARTS) is 1. The number of benzene rings is 2. The second-order valence-electron chi connectivity index (χ2n) is 9.45. The highest BCUT2D eigenvalue weighted by atomic mass is 79.9. The van der Waals surface area contributed by atoms with E-state index in [-0.39, 0.29) is 28.0 Å². The third kappa shape index (κ3) is 4.69. The minimum atomic E-state index is -1.81. The van der Waals surface area contributed by atoms with Gasteiger partial charge >= 0.3 is 5.97 Å². The number of aromatic nitrogens is 1. The molecular formula is C25H26BrF2N3O4S. The van der Waals surface area contributed by atoms with Gasteiger partial charge in [0.25, 0.3) is 0 Å². The van der Waals surface area contributed by atoms with Gasteiger partial charge in [0, 0.05) is 60.3 Å². The first-order valence-corrected chi connectivity index (χ1v) is 13.8. The molecule has 1 saturated heterocycles. The van der Waals surface area contributed by atoms with Crippen LogP contribution in [0.1, 0.15) is 40.5 Å². The van der Waals surface area contributed by atoms with Gasteiger partial charge < -0.3 is 19.7 Å². The summed E-state index contributed by atoms with van der Waals surface area (Å²) in [5.41, 5.74) is 1.53. The predicted molar refractivity (Wildman–Crippen MR) is 136 cm³/mol. The van der Waals surface area contributed by atoms with Crippen LogP contribution in [0.25, 0.3) is 10.9 Å². The zero-order valence-electron chi connectivity index (χ0n) is 19.6. The molecule has 2 aliphatic rings. The lowest BCUT2D eigenvalue weighted by Crippen LogP contribution is -2.43. The van der Waals surface area contributed by atoms with E-state index in [4.69, 9.17) is 0 Å². The molecule has 36 heavy (non-hydrogen) atoms. The molecule has 1 aliphatic heterocycles. The standard InChI is InChI=1S/C25H26BrF2N3O4S/c1-29-6-8-30(9-7-29)12-16-22-20(11-17(26)24(16)32)31(14-2-3-14)21(23(22)25(33)34)13-36(35)15-4-5-18(27)19(28)10-15/h4-5,10-11,14,32H,2-3,6-9,12-13H2,1H3,(H,33,34). The molecule has 192 valence electrons. The highest BCUT2D eigenvalue weighted by molar-refractivity contribution is 9.10. The average molecular weight is 582 g/mol. The Balaban J connectivity index is 1.66. The molecule has 2 aromatic carbocycles. The number of likely N-dealkylation sites (N-methyl/N-ethyl adjacent to an activating group) is 1. The molecule has 5 rings (SSSR count). The van der Waals surface area contributed by atoms with Crippen LogP contribution in [0, 0.1) is 11.6 Å². The van der Waals surface area contributed by atoms with Crippen LogP contribution in [0.3, 0.4) is 0 Å². The average Bonchev–Trinajstić information content (AvgIpc) is 3.62. The number of hydrogen-bond acceptors (Lipinski definition) is 5. The topological polar surface area (TPSA) is 86.0 Å². The Morgan fingerprint density at radius 3 is 2.44 bits per heavy atom. The Morgan fingerprint density at radius 2 is 1.83 bits per heavy atom. The minimum absolute atomic E-state index is 0.000221. The normalized spacial score (nSPS) is 18.1. The number of phenolic OH excluding ortho intramolecular Hbond substituents is 1. The van der Waals surface area contributed by atoms with E-state index in [1.807, 2.05) is 11.6 Å². The van der Waals surface area contributed by atoms with Gasteiger partial charge in [0.15, 0.2) is 11.6 Å². The first-order valence-electron chi connectivity index (χ1n) is 11.7. The summed E-state index contributed by atoms with van der Waals surface area (Å²) in [6.45, 7) is 3.66. The molecule has 0 spiro atoms. The van der Waals surface area contributed by atoms with Crippen LogP contribution in [0.15, 0.2) is 33.6 Å². The molecule has 1 aliphatic carbocycles. The van der Waals surface area contributed by atoms with E-state index in [9.17, 15) is 28.0 Å². The fourth-order valence-electron chi connectivity index (χ4n) is 4.89. The molecule has 11 heteroatoms. The number of fused-ring (bicyclic) bond motifs is 1. The maximum atomic E-state index is 13.8. The van der Waals surface area contributed by atoms with Gasteiger partial charge in [-0.1, -0.05) is 0 Å². The number of piperazine rings is 1. The van der Waals surface area contributed by atoms with Gasteiger partial charge in [-0.05, 0) is 60.1 Å². The van der Waals surface area contributed by atoms with Crippen molar-refractivity contribution in [2.75, 3.05) is 33.2 Å². The van der Waals surface area contributed by atoms with Gasteiger partial charge in [0.05, 0.1) is 32.1 Å². The lowest BCUT2D eigenvalue weighted by Gasteiger charge is -2.32. The van der Waals surface area contributed by atoms with Crippen molar-refractivity contribution >= 4 is 43.6 Å². The summed E-state index contributed by atoms with van der Waals surface area (Å²) in [7, 11) is 0.231. The molecule has 1 atom stereocenters. The number of nitrogens with zero attached hydrogens (tertiary/aromatic N) is 3. The summed E-state index contributed by atoms with van der Waals surface area (Å²) in [5.74, 6) is -3.51. The van der Waals surface area contributed by atoms with E-state index < -0.39 is 28.4 Å². The number of carboxylic acids is 1.